The molecule has 0 bridgehead atoms. The number of hydrogen-bond acceptors (Lipinski definition) is 3. The second-order valence-corrected chi connectivity index (χ2v) is 3.74. The van der Waals surface area contributed by atoms with E-state index in [-0.39, 0.29) is 11.3 Å². The van der Waals surface area contributed by atoms with Gasteiger partial charge in [0.25, 0.3) is 5.91 Å². The predicted octanol–water partition coefficient (Wildman–Crippen LogP) is 1.86. The first-order chi connectivity index (χ1) is 8.65. The summed E-state index contributed by atoms with van der Waals surface area (Å²) in [5.74, 6) is -0.776. The number of benzene rings is 1. The fourth-order valence-electron chi connectivity index (χ4n) is 1.43. The predicted molar refractivity (Wildman–Crippen MR) is 63.5 cm³/mol. The van der Waals surface area contributed by atoms with Crippen LogP contribution in [0.15, 0.2) is 42.7 Å². The first-order valence-corrected chi connectivity index (χ1v) is 5.32. The number of amides is 1. The summed E-state index contributed by atoms with van der Waals surface area (Å²) in [6.45, 7) is 0.301. The number of carbonyl (C=O) groups excluding carboxylic acids is 1. The SMILES string of the molecule is O=C(NCc1ccc(O)cc1)c1cncc(F)c1. The molecule has 0 saturated carbocycles. The zero-order chi connectivity index (χ0) is 13.0. The van der Waals surface area contributed by atoms with Crippen LogP contribution in [0.4, 0.5) is 4.39 Å². The number of nitrogens with zero attached hydrogens (tertiary/aromatic N) is 1. The van der Waals surface area contributed by atoms with Crippen LogP contribution in [-0.4, -0.2) is 16.0 Å². The Morgan fingerprint density at radius 1 is 1.28 bits per heavy atom. The van der Waals surface area contributed by atoms with Crippen molar-refractivity contribution >= 4 is 5.91 Å². The van der Waals surface area contributed by atoms with E-state index < -0.39 is 11.7 Å². The molecule has 0 aliphatic carbocycles. The molecule has 0 atom stereocenters. The standard InChI is InChI=1S/C13H11FN2O2/c14-11-5-10(7-15-8-11)13(18)16-6-9-1-3-12(17)4-2-9/h1-5,7-8,17H,6H2,(H,16,18). The summed E-state index contributed by atoms with van der Waals surface area (Å²) in [6, 6.07) is 7.58. The Kier molecular flexibility index (Phi) is 3.52. The van der Waals surface area contributed by atoms with E-state index in [2.05, 4.69) is 10.3 Å². The number of phenolic OH excluding ortho intramolecular Hbond substituents is 1. The zero-order valence-corrected chi connectivity index (χ0v) is 9.43. The fraction of sp³-hybridized carbons (Fsp3) is 0.0769. The summed E-state index contributed by atoms with van der Waals surface area (Å²) >= 11 is 0. The van der Waals surface area contributed by atoms with Crippen molar-refractivity contribution < 1.29 is 14.3 Å². The highest BCUT2D eigenvalue weighted by Crippen LogP contribution is 2.09. The van der Waals surface area contributed by atoms with Crippen LogP contribution < -0.4 is 5.32 Å². The monoisotopic (exact) mass is 246 g/mol. The molecule has 0 spiro atoms. The lowest BCUT2D eigenvalue weighted by Crippen LogP contribution is -2.23. The first kappa shape index (κ1) is 12.0. The van der Waals surface area contributed by atoms with Crippen LogP contribution in [0.25, 0.3) is 0 Å². The van der Waals surface area contributed by atoms with Gasteiger partial charge in [-0.1, -0.05) is 12.1 Å². The number of carbonyl (C=O) groups is 1. The summed E-state index contributed by atoms with van der Waals surface area (Å²) in [4.78, 5) is 15.3. The van der Waals surface area contributed by atoms with Crippen LogP contribution in [0.3, 0.4) is 0 Å². The molecule has 0 aliphatic heterocycles. The van der Waals surface area contributed by atoms with Gasteiger partial charge in [0.1, 0.15) is 11.6 Å². The summed E-state index contributed by atoms with van der Waals surface area (Å²) in [5.41, 5.74) is 1.01. The molecule has 1 aromatic heterocycles. The third-order valence-corrected chi connectivity index (χ3v) is 2.36. The molecule has 0 aliphatic rings. The third kappa shape index (κ3) is 3.04. The van der Waals surface area contributed by atoms with Crippen molar-refractivity contribution in [3.8, 4) is 5.75 Å². The number of hydrogen-bond donors (Lipinski definition) is 2. The molecule has 1 amide bonds. The smallest absolute Gasteiger partial charge is 0.253 e. The van der Waals surface area contributed by atoms with Crippen LogP contribution >= 0.6 is 0 Å². The van der Waals surface area contributed by atoms with Crippen molar-refractivity contribution in [2.75, 3.05) is 0 Å². The maximum atomic E-state index is 12.9. The van der Waals surface area contributed by atoms with Gasteiger partial charge in [-0.3, -0.25) is 9.78 Å². The number of phenols is 1. The van der Waals surface area contributed by atoms with Gasteiger partial charge in [-0.25, -0.2) is 4.39 Å². The Morgan fingerprint density at radius 3 is 2.67 bits per heavy atom. The van der Waals surface area contributed by atoms with Crippen molar-refractivity contribution in [2.45, 2.75) is 6.54 Å². The maximum Gasteiger partial charge on any atom is 0.253 e. The number of aromatic nitrogens is 1. The highest BCUT2D eigenvalue weighted by Gasteiger charge is 2.06. The van der Waals surface area contributed by atoms with E-state index >= 15 is 0 Å². The van der Waals surface area contributed by atoms with Gasteiger partial charge in [0, 0.05) is 12.7 Å². The van der Waals surface area contributed by atoms with Gasteiger partial charge in [-0.2, -0.15) is 0 Å². The Morgan fingerprint density at radius 2 is 2.00 bits per heavy atom. The van der Waals surface area contributed by atoms with Gasteiger partial charge in [-0.15, -0.1) is 0 Å². The average molecular weight is 246 g/mol. The van der Waals surface area contributed by atoms with E-state index in [1.54, 1.807) is 12.1 Å². The molecule has 2 aromatic rings. The minimum atomic E-state index is -0.549. The van der Waals surface area contributed by atoms with E-state index in [1.165, 1.54) is 18.3 Å². The van der Waals surface area contributed by atoms with E-state index in [0.717, 1.165) is 17.8 Å². The van der Waals surface area contributed by atoms with E-state index in [4.69, 9.17) is 5.11 Å². The van der Waals surface area contributed by atoms with Gasteiger partial charge >= 0.3 is 0 Å². The van der Waals surface area contributed by atoms with Gasteiger partial charge < -0.3 is 10.4 Å². The van der Waals surface area contributed by atoms with E-state index in [9.17, 15) is 9.18 Å². The van der Waals surface area contributed by atoms with Crippen molar-refractivity contribution in [1.82, 2.24) is 10.3 Å². The summed E-state index contributed by atoms with van der Waals surface area (Å²) in [6.07, 6.45) is 2.34. The third-order valence-electron chi connectivity index (χ3n) is 2.36. The lowest BCUT2D eigenvalue weighted by molar-refractivity contribution is 0.0950. The maximum absolute atomic E-state index is 12.9. The Bertz CT molecular complexity index is 555. The topological polar surface area (TPSA) is 62.2 Å². The Hall–Kier alpha value is -2.43. The lowest BCUT2D eigenvalue weighted by atomic mass is 10.2. The molecule has 4 nitrogen and oxygen atoms in total. The van der Waals surface area contributed by atoms with Crippen molar-refractivity contribution in [3.05, 3.63) is 59.7 Å². The van der Waals surface area contributed by atoms with Crippen LogP contribution in [0, 0.1) is 5.82 Å². The average Bonchev–Trinajstić information content (AvgIpc) is 2.38. The summed E-state index contributed by atoms with van der Waals surface area (Å²) in [7, 11) is 0. The molecule has 1 aromatic carbocycles. The van der Waals surface area contributed by atoms with Crippen molar-refractivity contribution in [1.29, 1.82) is 0 Å². The first-order valence-electron chi connectivity index (χ1n) is 5.32. The Balaban J connectivity index is 1.98. The fourth-order valence-corrected chi connectivity index (χ4v) is 1.43. The van der Waals surface area contributed by atoms with Crippen molar-refractivity contribution in [3.63, 3.8) is 0 Å². The molecule has 0 saturated heterocycles. The Labute approximate surface area is 103 Å². The number of aromatic hydroxyl groups is 1. The van der Waals surface area contributed by atoms with Gasteiger partial charge in [0.05, 0.1) is 11.8 Å². The highest BCUT2D eigenvalue weighted by molar-refractivity contribution is 5.93. The normalized spacial score (nSPS) is 10.1. The van der Waals surface area contributed by atoms with Crippen LogP contribution in [0.2, 0.25) is 0 Å². The largest absolute Gasteiger partial charge is 0.508 e. The van der Waals surface area contributed by atoms with Crippen molar-refractivity contribution in [2.24, 2.45) is 0 Å². The van der Waals surface area contributed by atoms with E-state index in [0.29, 0.717) is 6.54 Å². The quantitative estimate of drug-likeness (QED) is 0.868. The number of nitrogens with one attached hydrogen (secondary N) is 1. The number of rotatable bonds is 3. The molecule has 2 rings (SSSR count). The van der Waals surface area contributed by atoms with Gasteiger partial charge in [0.2, 0.25) is 0 Å². The van der Waals surface area contributed by atoms with Crippen LogP contribution in [0.1, 0.15) is 15.9 Å². The highest BCUT2D eigenvalue weighted by atomic mass is 19.1. The second kappa shape index (κ2) is 5.27. The molecule has 0 radical (unpaired) electrons. The molecule has 92 valence electrons. The zero-order valence-electron chi connectivity index (χ0n) is 9.43. The molecule has 1 heterocycles. The molecule has 5 heteroatoms. The molecule has 0 fully saturated rings. The van der Waals surface area contributed by atoms with Gasteiger partial charge in [-0.05, 0) is 23.8 Å². The molecule has 0 unspecified atom stereocenters. The van der Waals surface area contributed by atoms with Crippen LogP contribution in [-0.2, 0) is 6.54 Å². The molecular weight excluding hydrogens is 235 g/mol. The lowest BCUT2D eigenvalue weighted by Gasteiger charge is -2.05. The second-order valence-electron chi connectivity index (χ2n) is 3.74. The molecular formula is C13H11FN2O2. The number of halogens is 1. The summed E-state index contributed by atoms with van der Waals surface area (Å²) in [5, 5.41) is 11.7. The van der Waals surface area contributed by atoms with E-state index in [1.807, 2.05) is 0 Å². The summed E-state index contributed by atoms with van der Waals surface area (Å²) < 4.78 is 12.9. The minimum Gasteiger partial charge on any atom is -0.508 e. The van der Waals surface area contributed by atoms with Gasteiger partial charge in [0.15, 0.2) is 0 Å². The molecule has 18 heavy (non-hydrogen) atoms. The number of pyridine rings is 1. The minimum absolute atomic E-state index is 0.166. The molecule has 2 N–H and O–H groups in total. The van der Waals surface area contributed by atoms with Crippen LogP contribution in [0.5, 0.6) is 5.75 Å².